The summed E-state index contributed by atoms with van der Waals surface area (Å²) in [4.78, 5) is 12.3. The fraction of sp³-hybridized carbons (Fsp3) is 0.500. The standard InChI is InChI=1S/C10H17N3O3S2/c1-10(2,6-11)13-9(14)8-4-7(5-17-8)18(15,16)12-3/h4-5,12H,6,11H2,1-3H3,(H,13,14). The van der Waals surface area contributed by atoms with Gasteiger partial charge < -0.3 is 11.1 Å². The molecule has 1 heterocycles. The van der Waals surface area contributed by atoms with Gasteiger partial charge in [0.25, 0.3) is 5.91 Å². The van der Waals surface area contributed by atoms with Crippen molar-refractivity contribution in [2.45, 2.75) is 24.3 Å². The number of sulfonamides is 1. The summed E-state index contributed by atoms with van der Waals surface area (Å²) < 4.78 is 25.2. The van der Waals surface area contributed by atoms with Gasteiger partial charge in [0.05, 0.1) is 9.77 Å². The molecule has 4 N–H and O–H groups in total. The van der Waals surface area contributed by atoms with Crippen molar-refractivity contribution in [1.29, 1.82) is 0 Å². The lowest BCUT2D eigenvalue weighted by molar-refractivity contribution is 0.0920. The van der Waals surface area contributed by atoms with Gasteiger partial charge in [-0.2, -0.15) is 0 Å². The maximum Gasteiger partial charge on any atom is 0.261 e. The van der Waals surface area contributed by atoms with E-state index in [-0.39, 0.29) is 10.8 Å². The molecular formula is C10H17N3O3S2. The van der Waals surface area contributed by atoms with E-state index in [2.05, 4.69) is 10.0 Å². The predicted molar refractivity (Wildman–Crippen MR) is 71.2 cm³/mol. The minimum absolute atomic E-state index is 0.0886. The molecule has 1 amide bonds. The number of rotatable bonds is 5. The van der Waals surface area contributed by atoms with Gasteiger partial charge >= 0.3 is 0 Å². The van der Waals surface area contributed by atoms with Crippen LogP contribution in [0.2, 0.25) is 0 Å². The van der Waals surface area contributed by atoms with Gasteiger partial charge in [0.2, 0.25) is 10.0 Å². The van der Waals surface area contributed by atoms with Crippen molar-refractivity contribution in [3.63, 3.8) is 0 Å². The summed E-state index contributed by atoms with van der Waals surface area (Å²) in [7, 11) is -2.18. The Bertz CT molecular complexity index is 534. The number of thiophene rings is 1. The largest absolute Gasteiger partial charge is 0.345 e. The Morgan fingerprint density at radius 1 is 1.50 bits per heavy atom. The molecule has 0 fully saturated rings. The average molecular weight is 291 g/mol. The van der Waals surface area contributed by atoms with Crippen LogP contribution in [0.4, 0.5) is 0 Å². The number of nitrogens with two attached hydrogens (primary N) is 1. The Labute approximate surface area is 111 Å². The summed E-state index contributed by atoms with van der Waals surface area (Å²) in [6, 6.07) is 1.35. The fourth-order valence-electron chi connectivity index (χ4n) is 1.12. The van der Waals surface area contributed by atoms with E-state index in [0.29, 0.717) is 11.4 Å². The molecule has 1 aromatic rings. The molecule has 0 aliphatic heterocycles. The third kappa shape index (κ3) is 3.52. The minimum Gasteiger partial charge on any atom is -0.345 e. The zero-order valence-electron chi connectivity index (χ0n) is 10.5. The molecule has 8 heteroatoms. The van der Waals surface area contributed by atoms with Crippen LogP contribution in [-0.2, 0) is 10.0 Å². The molecule has 0 saturated heterocycles. The highest BCUT2D eigenvalue weighted by atomic mass is 32.2. The van der Waals surface area contributed by atoms with Crippen molar-refractivity contribution in [1.82, 2.24) is 10.0 Å². The van der Waals surface area contributed by atoms with Gasteiger partial charge in [0.1, 0.15) is 0 Å². The first-order chi connectivity index (χ1) is 8.22. The number of nitrogens with one attached hydrogen (secondary N) is 2. The minimum atomic E-state index is -3.50. The van der Waals surface area contributed by atoms with Gasteiger partial charge in [-0.25, -0.2) is 13.1 Å². The maximum absolute atomic E-state index is 11.9. The zero-order valence-corrected chi connectivity index (χ0v) is 12.1. The molecule has 102 valence electrons. The molecule has 1 rings (SSSR count). The van der Waals surface area contributed by atoms with Crippen LogP contribution in [0.25, 0.3) is 0 Å². The molecule has 0 spiro atoms. The normalized spacial score (nSPS) is 12.4. The number of hydrogen-bond donors (Lipinski definition) is 3. The zero-order chi connectivity index (χ0) is 14.0. The molecule has 0 bridgehead atoms. The number of amides is 1. The Kier molecular flexibility index (Phi) is 4.49. The smallest absolute Gasteiger partial charge is 0.261 e. The van der Waals surface area contributed by atoms with Crippen molar-refractivity contribution in [2.24, 2.45) is 5.73 Å². The monoisotopic (exact) mass is 291 g/mol. The molecular weight excluding hydrogens is 274 g/mol. The van der Waals surface area contributed by atoms with Crippen molar-refractivity contribution in [3.8, 4) is 0 Å². The Morgan fingerprint density at radius 3 is 2.61 bits per heavy atom. The molecule has 6 nitrogen and oxygen atoms in total. The highest BCUT2D eigenvalue weighted by Gasteiger charge is 2.22. The highest BCUT2D eigenvalue weighted by Crippen LogP contribution is 2.19. The highest BCUT2D eigenvalue weighted by molar-refractivity contribution is 7.89. The van der Waals surface area contributed by atoms with Crippen molar-refractivity contribution >= 4 is 27.3 Å². The van der Waals surface area contributed by atoms with Crippen molar-refractivity contribution in [2.75, 3.05) is 13.6 Å². The molecule has 0 aliphatic carbocycles. The Balaban J connectivity index is 2.91. The second kappa shape index (κ2) is 5.35. The number of hydrogen-bond acceptors (Lipinski definition) is 5. The summed E-state index contributed by atoms with van der Waals surface area (Å²) in [6.45, 7) is 3.89. The van der Waals surface area contributed by atoms with E-state index < -0.39 is 15.6 Å². The molecule has 0 unspecified atom stereocenters. The second-order valence-electron chi connectivity index (χ2n) is 4.40. The van der Waals surface area contributed by atoms with Crippen LogP contribution in [0.5, 0.6) is 0 Å². The summed E-state index contributed by atoms with van der Waals surface area (Å²) in [5, 5.41) is 4.16. The van der Waals surface area contributed by atoms with Gasteiger partial charge in [-0.05, 0) is 27.0 Å². The average Bonchev–Trinajstić information content (AvgIpc) is 2.78. The van der Waals surface area contributed by atoms with Crippen LogP contribution in [0, 0.1) is 0 Å². The lowest BCUT2D eigenvalue weighted by Crippen LogP contribution is -2.48. The number of carbonyl (C=O) groups is 1. The van der Waals surface area contributed by atoms with Crippen molar-refractivity contribution < 1.29 is 13.2 Å². The van der Waals surface area contributed by atoms with Crippen LogP contribution >= 0.6 is 11.3 Å². The number of carbonyl (C=O) groups excluding carboxylic acids is 1. The van der Waals surface area contributed by atoms with E-state index in [4.69, 9.17) is 5.73 Å². The molecule has 0 aromatic carbocycles. The molecule has 0 saturated carbocycles. The Hall–Kier alpha value is -0.960. The van der Waals surface area contributed by atoms with E-state index in [1.807, 2.05) is 0 Å². The van der Waals surface area contributed by atoms with E-state index in [1.165, 1.54) is 18.5 Å². The predicted octanol–water partition coefficient (Wildman–Crippen LogP) is 0.123. The molecule has 1 aromatic heterocycles. The first-order valence-corrected chi connectivity index (χ1v) is 7.63. The van der Waals surface area contributed by atoms with Gasteiger partial charge in [-0.15, -0.1) is 11.3 Å². The summed E-state index contributed by atoms with van der Waals surface area (Å²) in [5.41, 5.74) is 4.99. The SMILES string of the molecule is CNS(=O)(=O)c1csc(C(=O)NC(C)(C)CN)c1. The lowest BCUT2D eigenvalue weighted by Gasteiger charge is -2.23. The van der Waals surface area contributed by atoms with Gasteiger partial charge in [0.15, 0.2) is 0 Å². The van der Waals surface area contributed by atoms with Crippen LogP contribution in [0.3, 0.4) is 0 Å². The first kappa shape index (κ1) is 15.1. The summed E-state index contributed by atoms with van der Waals surface area (Å²) in [6.07, 6.45) is 0. The first-order valence-electron chi connectivity index (χ1n) is 5.26. The van der Waals surface area contributed by atoms with Gasteiger partial charge in [-0.1, -0.05) is 0 Å². The molecule has 0 aliphatic rings. The quantitative estimate of drug-likeness (QED) is 0.717. The third-order valence-electron chi connectivity index (χ3n) is 2.34. The lowest BCUT2D eigenvalue weighted by atomic mass is 10.1. The molecule has 0 radical (unpaired) electrons. The van der Waals surface area contributed by atoms with Crippen LogP contribution in [0.1, 0.15) is 23.5 Å². The van der Waals surface area contributed by atoms with E-state index in [0.717, 1.165) is 11.3 Å². The van der Waals surface area contributed by atoms with Crippen LogP contribution < -0.4 is 15.8 Å². The van der Waals surface area contributed by atoms with Gasteiger partial charge in [0, 0.05) is 17.5 Å². The fourth-order valence-corrected chi connectivity index (χ4v) is 3.02. The van der Waals surface area contributed by atoms with E-state index in [1.54, 1.807) is 13.8 Å². The summed E-state index contributed by atoms with van der Waals surface area (Å²) >= 11 is 1.08. The Morgan fingerprint density at radius 2 is 2.11 bits per heavy atom. The maximum atomic E-state index is 11.9. The van der Waals surface area contributed by atoms with Crippen LogP contribution in [0.15, 0.2) is 16.3 Å². The summed E-state index contributed by atoms with van der Waals surface area (Å²) in [5.74, 6) is -0.326. The van der Waals surface area contributed by atoms with E-state index >= 15 is 0 Å². The second-order valence-corrected chi connectivity index (χ2v) is 7.19. The topological polar surface area (TPSA) is 101 Å². The third-order valence-corrected chi connectivity index (χ3v) is 4.81. The van der Waals surface area contributed by atoms with Gasteiger partial charge in [-0.3, -0.25) is 4.79 Å². The van der Waals surface area contributed by atoms with Crippen LogP contribution in [-0.4, -0.2) is 33.5 Å². The molecule has 18 heavy (non-hydrogen) atoms. The van der Waals surface area contributed by atoms with E-state index in [9.17, 15) is 13.2 Å². The van der Waals surface area contributed by atoms with Crippen molar-refractivity contribution in [3.05, 3.63) is 16.3 Å². The molecule has 0 atom stereocenters.